The van der Waals surface area contributed by atoms with Gasteiger partial charge in [-0.15, -0.1) is 5.10 Å². The van der Waals surface area contributed by atoms with Gasteiger partial charge in [-0.25, -0.2) is 14.3 Å². The van der Waals surface area contributed by atoms with Gasteiger partial charge in [0.15, 0.2) is 5.69 Å². The number of aromatic nitrogens is 3. The van der Waals surface area contributed by atoms with E-state index in [0.717, 1.165) is 0 Å². The lowest BCUT2D eigenvalue weighted by atomic mass is 9.91. The molecule has 1 aliphatic rings. The van der Waals surface area contributed by atoms with Crippen molar-refractivity contribution in [2.24, 2.45) is 11.8 Å². The molecule has 2 amide bonds. The number of piperidine rings is 1. The Balaban J connectivity index is 1.72. The van der Waals surface area contributed by atoms with Crippen LogP contribution < -0.4 is 5.32 Å². The summed E-state index contributed by atoms with van der Waals surface area (Å²) in [5, 5.41) is 19.7. The highest BCUT2D eigenvalue weighted by Gasteiger charge is 2.31. The summed E-state index contributed by atoms with van der Waals surface area (Å²) < 4.78 is 6.00. The van der Waals surface area contributed by atoms with E-state index in [4.69, 9.17) is 0 Å². The Kier molecular flexibility index (Phi) is 5.57. The van der Waals surface area contributed by atoms with Crippen molar-refractivity contribution in [3.63, 3.8) is 0 Å². The Bertz CT molecular complexity index is 896. The Morgan fingerprint density at radius 3 is 2.79 bits per heavy atom. The molecule has 2 N–H and O–H groups in total. The number of urea groups is 1. The van der Waals surface area contributed by atoms with Gasteiger partial charge in [-0.2, -0.15) is 0 Å². The number of methoxy groups -OCH3 is 1. The van der Waals surface area contributed by atoms with E-state index in [1.165, 1.54) is 22.9 Å². The monoisotopic (exact) mass is 387 g/mol. The van der Waals surface area contributed by atoms with E-state index in [-0.39, 0.29) is 24.2 Å². The number of carbonyl (C=O) groups excluding carboxylic acids is 2. The van der Waals surface area contributed by atoms with Gasteiger partial charge in [0, 0.05) is 18.8 Å². The fourth-order valence-electron chi connectivity index (χ4n) is 3.21. The molecule has 1 fully saturated rings. The molecule has 2 atom stereocenters. The molecule has 28 heavy (non-hydrogen) atoms. The van der Waals surface area contributed by atoms with Crippen molar-refractivity contribution in [1.29, 1.82) is 0 Å². The van der Waals surface area contributed by atoms with Gasteiger partial charge in [0.2, 0.25) is 0 Å². The number of anilines is 1. The number of hydrogen-bond donors (Lipinski definition) is 2. The maximum absolute atomic E-state index is 12.6. The summed E-state index contributed by atoms with van der Waals surface area (Å²) in [6.07, 6.45) is 1.99. The van der Waals surface area contributed by atoms with Crippen molar-refractivity contribution < 1.29 is 24.2 Å². The lowest BCUT2D eigenvalue weighted by Crippen LogP contribution is -2.47. The Labute approximate surface area is 161 Å². The van der Waals surface area contributed by atoms with Crippen molar-refractivity contribution in [3.05, 3.63) is 36.2 Å². The van der Waals surface area contributed by atoms with E-state index >= 15 is 0 Å². The summed E-state index contributed by atoms with van der Waals surface area (Å²) in [7, 11) is 1.26. The quantitative estimate of drug-likeness (QED) is 0.763. The maximum Gasteiger partial charge on any atom is 0.360 e. The second kappa shape index (κ2) is 8.07. The number of nitrogens with one attached hydrogen (secondary N) is 1. The zero-order chi connectivity index (χ0) is 20.3. The normalized spacial score (nSPS) is 19.1. The van der Waals surface area contributed by atoms with Gasteiger partial charge in [0.1, 0.15) is 0 Å². The third-order valence-corrected chi connectivity index (χ3v) is 4.55. The number of hydrogen-bond acceptors (Lipinski definition) is 6. The molecule has 0 radical (unpaired) electrons. The number of rotatable bonds is 4. The first kappa shape index (κ1) is 19.3. The molecule has 2 heterocycles. The Morgan fingerprint density at radius 1 is 1.29 bits per heavy atom. The number of aliphatic carboxylic acids is 1. The van der Waals surface area contributed by atoms with Crippen LogP contribution >= 0.6 is 0 Å². The Morgan fingerprint density at radius 2 is 2.07 bits per heavy atom. The van der Waals surface area contributed by atoms with Crippen molar-refractivity contribution >= 4 is 23.7 Å². The van der Waals surface area contributed by atoms with E-state index in [1.54, 1.807) is 24.3 Å². The number of carbonyl (C=O) groups is 3. The lowest BCUT2D eigenvalue weighted by molar-refractivity contribution is -0.143. The second-order valence-corrected chi connectivity index (χ2v) is 6.80. The standard InChI is InChI=1S/C18H21N5O5/c1-11-6-12(16(24)25)9-22(8-11)18(27)19-13-4-3-5-14(7-13)23-10-15(20-21-23)17(26)28-2/h3-5,7,10-12H,6,8-9H2,1-2H3,(H,19,27)(H,24,25). The van der Waals surface area contributed by atoms with Gasteiger partial charge < -0.3 is 20.1 Å². The van der Waals surface area contributed by atoms with Crippen LogP contribution in [0.5, 0.6) is 0 Å². The number of nitrogens with zero attached hydrogens (tertiary/aromatic N) is 4. The van der Waals surface area contributed by atoms with E-state index in [1.807, 2.05) is 6.92 Å². The molecule has 0 saturated carbocycles. The van der Waals surface area contributed by atoms with Gasteiger partial charge in [-0.3, -0.25) is 4.79 Å². The third-order valence-electron chi connectivity index (χ3n) is 4.55. The van der Waals surface area contributed by atoms with Crippen LogP contribution in [-0.4, -0.2) is 63.2 Å². The van der Waals surface area contributed by atoms with Gasteiger partial charge in [0.25, 0.3) is 0 Å². The molecule has 0 bridgehead atoms. The minimum absolute atomic E-state index is 0.0685. The number of amides is 2. The highest BCUT2D eigenvalue weighted by molar-refractivity contribution is 5.90. The average molecular weight is 387 g/mol. The molecule has 2 aromatic rings. The summed E-state index contributed by atoms with van der Waals surface area (Å²) in [6, 6.07) is 6.50. The predicted molar refractivity (Wildman–Crippen MR) is 98.2 cm³/mol. The summed E-state index contributed by atoms with van der Waals surface area (Å²) >= 11 is 0. The largest absolute Gasteiger partial charge is 0.481 e. The van der Waals surface area contributed by atoms with Crippen LogP contribution in [0.2, 0.25) is 0 Å². The van der Waals surface area contributed by atoms with Crippen molar-refractivity contribution in [3.8, 4) is 5.69 Å². The fourth-order valence-corrected chi connectivity index (χ4v) is 3.21. The minimum Gasteiger partial charge on any atom is -0.481 e. The molecule has 2 unspecified atom stereocenters. The van der Waals surface area contributed by atoms with Crippen LogP contribution in [0.15, 0.2) is 30.5 Å². The van der Waals surface area contributed by atoms with E-state index in [2.05, 4.69) is 20.4 Å². The molecule has 1 aromatic carbocycles. The summed E-state index contributed by atoms with van der Waals surface area (Å²) in [6.45, 7) is 2.61. The Hall–Kier alpha value is -3.43. The summed E-state index contributed by atoms with van der Waals surface area (Å²) in [5.41, 5.74) is 1.18. The molecule has 1 saturated heterocycles. The van der Waals surface area contributed by atoms with Crippen molar-refractivity contribution in [2.45, 2.75) is 13.3 Å². The first-order chi connectivity index (χ1) is 13.4. The van der Waals surface area contributed by atoms with Gasteiger partial charge in [-0.1, -0.05) is 18.2 Å². The SMILES string of the molecule is COC(=O)c1cn(-c2cccc(NC(=O)N3CC(C)CC(C(=O)O)C3)c2)nn1. The minimum atomic E-state index is -0.890. The number of esters is 1. The molecule has 0 aliphatic carbocycles. The zero-order valence-corrected chi connectivity index (χ0v) is 15.5. The van der Waals surface area contributed by atoms with Gasteiger partial charge >= 0.3 is 18.0 Å². The summed E-state index contributed by atoms with van der Waals surface area (Å²) in [4.78, 5) is 36.9. The van der Waals surface area contributed by atoms with Crippen LogP contribution in [-0.2, 0) is 9.53 Å². The molecular formula is C18H21N5O5. The predicted octanol–water partition coefficient (Wildman–Crippen LogP) is 1.63. The van der Waals surface area contributed by atoms with Gasteiger partial charge in [-0.05, 0) is 30.5 Å². The maximum atomic E-state index is 12.6. The molecule has 148 valence electrons. The summed E-state index contributed by atoms with van der Waals surface area (Å²) in [5.74, 6) is -1.94. The topological polar surface area (TPSA) is 127 Å². The number of likely N-dealkylation sites (tertiary alicyclic amines) is 1. The highest BCUT2D eigenvalue weighted by Crippen LogP contribution is 2.23. The van der Waals surface area contributed by atoms with Crippen LogP contribution in [0.4, 0.5) is 10.5 Å². The van der Waals surface area contributed by atoms with E-state index < -0.39 is 17.9 Å². The first-order valence-corrected chi connectivity index (χ1v) is 8.77. The number of ether oxygens (including phenoxy) is 1. The second-order valence-electron chi connectivity index (χ2n) is 6.80. The van der Waals surface area contributed by atoms with Gasteiger partial charge in [0.05, 0.1) is 24.9 Å². The molecule has 1 aliphatic heterocycles. The van der Waals surface area contributed by atoms with Crippen molar-refractivity contribution in [2.75, 3.05) is 25.5 Å². The van der Waals surface area contributed by atoms with Crippen LogP contribution in [0.25, 0.3) is 5.69 Å². The smallest absolute Gasteiger partial charge is 0.360 e. The first-order valence-electron chi connectivity index (χ1n) is 8.77. The van der Waals surface area contributed by atoms with E-state index in [0.29, 0.717) is 24.3 Å². The fraction of sp³-hybridized carbons (Fsp3) is 0.389. The third kappa shape index (κ3) is 4.27. The van der Waals surface area contributed by atoms with Crippen LogP contribution in [0, 0.1) is 11.8 Å². The zero-order valence-electron chi connectivity index (χ0n) is 15.5. The van der Waals surface area contributed by atoms with E-state index in [9.17, 15) is 19.5 Å². The molecule has 10 heteroatoms. The van der Waals surface area contributed by atoms with Crippen LogP contribution in [0.3, 0.4) is 0 Å². The molecule has 3 rings (SSSR count). The van der Waals surface area contributed by atoms with Crippen LogP contribution in [0.1, 0.15) is 23.8 Å². The highest BCUT2D eigenvalue weighted by atomic mass is 16.5. The van der Waals surface area contributed by atoms with Crippen molar-refractivity contribution in [1.82, 2.24) is 19.9 Å². The molecular weight excluding hydrogens is 366 g/mol. The lowest BCUT2D eigenvalue weighted by Gasteiger charge is -2.34. The average Bonchev–Trinajstić information content (AvgIpc) is 3.17. The molecule has 1 aromatic heterocycles. The molecule has 0 spiro atoms. The number of carboxylic acids is 1. The molecule has 10 nitrogen and oxygen atoms in total. The number of benzene rings is 1. The number of carboxylic acid groups (broad SMARTS) is 1.